The van der Waals surface area contributed by atoms with E-state index in [0.717, 1.165) is 13.2 Å². The van der Waals surface area contributed by atoms with Crippen molar-refractivity contribution in [3.63, 3.8) is 0 Å². The smallest absolute Gasteiger partial charge is 0.0517 e. The SMILES string of the molecule is CC(C)COCC(C)(C)CCCC(C)(C)C. The van der Waals surface area contributed by atoms with E-state index in [4.69, 9.17) is 4.74 Å². The van der Waals surface area contributed by atoms with Crippen LogP contribution in [0.3, 0.4) is 0 Å². The highest BCUT2D eigenvalue weighted by atomic mass is 16.5. The molecule has 0 aromatic rings. The molecule has 0 saturated carbocycles. The fourth-order valence-corrected chi connectivity index (χ4v) is 1.74. The van der Waals surface area contributed by atoms with Gasteiger partial charge in [-0.25, -0.2) is 0 Å². The minimum absolute atomic E-state index is 0.333. The molecule has 0 fully saturated rings. The molecule has 0 radical (unpaired) electrons. The van der Waals surface area contributed by atoms with E-state index < -0.39 is 0 Å². The zero-order chi connectivity index (χ0) is 12.8. The number of ether oxygens (including phenoxy) is 1. The number of hydrogen-bond donors (Lipinski definition) is 0. The van der Waals surface area contributed by atoms with Gasteiger partial charge in [0.05, 0.1) is 6.61 Å². The first-order valence-corrected chi connectivity index (χ1v) is 6.70. The third-order valence-electron chi connectivity index (χ3n) is 2.72. The summed E-state index contributed by atoms with van der Waals surface area (Å²) in [7, 11) is 0. The van der Waals surface area contributed by atoms with E-state index in [1.54, 1.807) is 0 Å². The zero-order valence-corrected chi connectivity index (χ0v) is 12.5. The Bertz CT molecular complexity index is 174. The third kappa shape index (κ3) is 10.5. The van der Waals surface area contributed by atoms with E-state index in [9.17, 15) is 0 Å². The Morgan fingerprint density at radius 1 is 0.938 bits per heavy atom. The van der Waals surface area contributed by atoms with Crippen LogP contribution in [0.5, 0.6) is 0 Å². The van der Waals surface area contributed by atoms with Crippen molar-refractivity contribution in [2.75, 3.05) is 13.2 Å². The molecule has 0 aliphatic heterocycles. The molecular formula is C15H32O. The van der Waals surface area contributed by atoms with Gasteiger partial charge >= 0.3 is 0 Å². The second-order valence-electron chi connectivity index (χ2n) is 7.49. The van der Waals surface area contributed by atoms with Gasteiger partial charge in [-0.3, -0.25) is 0 Å². The minimum Gasteiger partial charge on any atom is -0.381 e. The van der Waals surface area contributed by atoms with Crippen LogP contribution in [0.15, 0.2) is 0 Å². The third-order valence-corrected chi connectivity index (χ3v) is 2.72. The van der Waals surface area contributed by atoms with Crippen LogP contribution >= 0.6 is 0 Å². The minimum atomic E-state index is 0.333. The largest absolute Gasteiger partial charge is 0.381 e. The Kier molecular flexibility index (Phi) is 6.62. The first kappa shape index (κ1) is 16.0. The van der Waals surface area contributed by atoms with Gasteiger partial charge in [-0.05, 0) is 29.6 Å². The Balaban J connectivity index is 3.70. The number of hydrogen-bond acceptors (Lipinski definition) is 1. The summed E-state index contributed by atoms with van der Waals surface area (Å²) in [5, 5.41) is 0. The molecule has 0 spiro atoms. The van der Waals surface area contributed by atoms with Crippen molar-refractivity contribution in [2.45, 2.75) is 67.7 Å². The monoisotopic (exact) mass is 228 g/mol. The predicted octanol–water partition coefficient (Wildman–Crippen LogP) is 4.90. The molecule has 0 amide bonds. The summed E-state index contributed by atoms with van der Waals surface area (Å²) < 4.78 is 5.74. The molecule has 0 rings (SSSR count). The van der Waals surface area contributed by atoms with Gasteiger partial charge in [0.2, 0.25) is 0 Å². The second kappa shape index (κ2) is 6.64. The van der Waals surface area contributed by atoms with Crippen molar-refractivity contribution in [3.05, 3.63) is 0 Å². The zero-order valence-electron chi connectivity index (χ0n) is 12.5. The van der Waals surface area contributed by atoms with Gasteiger partial charge in [0.15, 0.2) is 0 Å². The molecule has 98 valence electrons. The summed E-state index contributed by atoms with van der Waals surface area (Å²) in [6, 6.07) is 0. The molecule has 1 nitrogen and oxygen atoms in total. The highest BCUT2D eigenvalue weighted by molar-refractivity contribution is 4.70. The Labute approximate surface area is 103 Å². The summed E-state index contributed by atoms with van der Waals surface area (Å²) in [6.07, 6.45) is 3.88. The lowest BCUT2D eigenvalue weighted by Crippen LogP contribution is -2.21. The van der Waals surface area contributed by atoms with Crippen molar-refractivity contribution in [3.8, 4) is 0 Å². The Morgan fingerprint density at radius 3 is 1.94 bits per heavy atom. The maximum Gasteiger partial charge on any atom is 0.0517 e. The average Bonchev–Trinajstić information content (AvgIpc) is 1.99. The van der Waals surface area contributed by atoms with Crippen LogP contribution in [0.4, 0.5) is 0 Å². The Morgan fingerprint density at radius 2 is 1.50 bits per heavy atom. The molecule has 0 aliphatic carbocycles. The standard InChI is InChI=1S/C15H32O/c1-13(2)11-16-12-15(6,7)10-8-9-14(3,4)5/h13H,8-12H2,1-7H3. The van der Waals surface area contributed by atoms with Gasteiger partial charge in [-0.2, -0.15) is 0 Å². The van der Waals surface area contributed by atoms with Gasteiger partial charge in [0, 0.05) is 6.61 Å². The number of rotatable bonds is 7. The van der Waals surface area contributed by atoms with E-state index in [-0.39, 0.29) is 0 Å². The van der Waals surface area contributed by atoms with Crippen LogP contribution in [0.2, 0.25) is 0 Å². The summed E-state index contributed by atoms with van der Waals surface area (Å²) in [5.41, 5.74) is 0.801. The van der Waals surface area contributed by atoms with Crippen LogP contribution in [0.25, 0.3) is 0 Å². The molecule has 0 aliphatic rings. The van der Waals surface area contributed by atoms with Gasteiger partial charge in [0.1, 0.15) is 0 Å². The fourth-order valence-electron chi connectivity index (χ4n) is 1.74. The van der Waals surface area contributed by atoms with E-state index in [1.807, 2.05) is 0 Å². The van der Waals surface area contributed by atoms with Gasteiger partial charge < -0.3 is 4.74 Å². The van der Waals surface area contributed by atoms with Crippen molar-refractivity contribution >= 4 is 0 Å². The van der Waals surface area contributed by atoms with Crippen LogP contribution in [-0.4, -0.2) is 13.2 Å². The van der Waals surface area contributed by atoms with E-state index in [2.05, 4.69) is 48.5 Å². The molecular weight excluding hydrogens is 196 g/mol. The van der Waals surface area contributed by atoms with Crippen LogP contribution in [0.1, 0.15) is 67.7 Å². The molecule has 1 heteroatoms. The molecule has 0 bridgehead atoms. The molecule has 0 atom stereocenters. The predicted molar refractivity (Wildman–Crippen MR) is 72.7 cm³/mol. The van der Waals surface area contributed by atoms with E-state index >= 15 is 0 Å². The summed E-state index contributed by atoms with van der Waals surface area (Å²) in [4.78, 5) is 0. The van der Waals surface area contributed by atoms with Crippen molar-refractivity contribution < 1.29 is 4.74 Å². The molecule has 0 saturated heterocycles. The summed E-state index contributed by atoms with van der Waals surface area (Å²) in [6.45, 7) is 17.8. The normalized spacial score (nSPS) is 13.5. The van der Waals surface area contributed by atoms with E-state index in [1.165, 1.54) is 19.3 Å². The summed E-state index contributed by atoms with van der Waals surface area (Å²) >= 11 is 0. The molecule has 0 aromatic heterocycles. The molecule has 16 heavy (non-hydrogen) atoms. The Hall–Kier alpha value is -0.0400. The lowest BCUT2D eigenvalue weighted by atomic mass is 9.83. The van der Waals surface area contributed by atoms with Crippen LogP contribution < -0.4 is 0 Å². The molecule has 0 aromatic carbocycles. The van der Waals surface area contributed by atoms with Crippen molar-refractivity contribution in [1.82, 2.24) is 0 Å². The lowest BCUT2D eigenvalue weighted by Gasteiger charge is -2.27. The van der Waals surface area contributed by atoms with Gasteiger partial charge in [-0.1, -0.05) is 54.9 Å². The topological polar surface area (TPSA) is 9.23 Å². The highest BCUT2D eigenvalue weighted by Gasteiger charge is 2.19. The molecule has 0 unspecified atom stereocenters. The molecule has 0 N–H and O–H groups in total. The van der Waals surface area contributed by atoms with E-state index in [0.29, 0.717) is 16.7 Å². The lowest BCUT2D eigenvalue weighted by molar-refractivity contribution is 0.0405. The molecule has 0 heterocycles. The fraction of sp³-hybridized carbons (Fsp3) is 1.00. The van der Waals surface area contributed by atoms with Crippen LogP contribution in [0, 0.1) is 16.7 Å². The highest BCUT2D eigenvalue weighted by Crippen LogP contribution is 2.28. The maximum absolute atomic E-state index is 5.74. The maximum atomic E-state index is 5.74. The van der Waals surface area contributed by atoms with Crippen molar-refractivity contribution in [1.29, 1.82) is 0 Å². The van der Waals surface area contributed by atoms with Crippen molar-refractivity contribution in [2.24, 2.45) is 16.7 Å². The van der Waals surface area contributed by atoms with Crippen LogP contribution in [-0.2, 0) is 4.74 Å². The van der Waals surface area contributed by atoms with Gasteiger partial charge in [-0.15, -0.1) is 0 Å². The average molecular weight is 228 g/mol. The quantitative estimate of drug-likeness (QED) is 0.602. The summed E-state index contributed by atoms with van der Waals surface area (Å²) in [5.74, 6) is 0.644. The van der Waals surface area contributed by atoms with Gasteiger partial charge in [0.25, 0.3) is 0 Å². The first-order chi connectivity index (χ1) is 7.12. The second-order valence-corrected chi connectivity index (χ2v) is 7.49. The first-order valence-electron chi connectivity index (χ1n) is 6.70.